The highest BCUT2D eigenvalue weighted by molar-refractivity contribution is 7.86. The van der Waals surface area contributed by atoms with Crippen LogP contribution in [0.2, 0.25) is 0 Å². The van der Waals surface area contributed by atoms with Crippen LogP contribution in [0.25, 0.3) is 0 Å². The smallest absolute Gasteiger partial charge is 0.330 e. The first kappa shape index (κ1) is 21.0. The molecule has 1 saturated heterocycles. The molecule has 2 aromatic rings. The molecule has 1 N–H and O–H groups in total. The molecular formula is C18H20N2O8S. The van der Waals surface area contributed by atoms with Gasteiger partial charge in [-0.15, -0.1) is 0 Å². The van der Waals surface area contributed by atoms with E-state index in [1.807, 2.05) is 0 Å². The van der Waals surface area contributed by atoms with Gasteiger partial charge in [0, 0.05) is 25.1 Å². The van der Waals surface area contributed by atoms with E-state index in [2.05, 4.69) is 4.98 Å². The molecule has 0 saturated carbocycles. The summed E-state index contributed by atoms with van der Waals surface area (Å²) in [5.41, 5.74) is -0.913. The Morgan fingerprint density at radius 2 is 1.97 bits per heavy atom. The molecule has 0 bridgehead atoms. The highest BCUT2D eigenvalue weighted by Gasteiger charge is 2.40. The third-order valence-electron chi connectivity index (χ3n) is 4.37. The predicted molar refractivity (Wildman–Crippen MR) is 99.7 cm³/mol. The molecule has 0 amide bonds. The largest absolute Gasteiger partial charge is 0.460 e. The van der Waals surface area contributed by atoms with E-state index in [4.69, 9.17) is 13.7 Å². The summed E-state index contributed by atoms with van der Waals surface area (Å²) < 4.78 is 41.9. The van der Waals surface area contributed by atoms with E-state index in [0.29, 0.717) is 5.56 Å². The van der Waals surface area contributed by atoms with E-state index in [9.17, 15) is 22.8 Å². The van der Waals surface area contributed by atoms with E-state index in [1.54, 1.807) is 18.2 Å². The van der Waals surface area contributed by atoms with Crippen LogP contribution in [0.1, 0.15) is 25.1 Å². The van der Waals surface area contributed by atoms with Crippen molar-refractivity contribution in [3.63, 3.8) is 0 Å². The fraction of sp³-hybridized carbons (Fsp3) is 0.389. The van der Waals surface area contributed by atoms with Crippen LogP contribution in [0, 0.1) is 6.92 Å². The third-order valence-corrected chi connectivity index (χ3v) is 5.67. The van der Waals surface area contributed by atoms with Crippen LogP contribution in [-0.4, -0.2) is 42.8 Å². The Hall–Kier alpha value is -2.76. The quantitative estimate of drug-likeness (QED) is 0.522. The van der Waals surface area contributed by atoms with E-state index in [1.165, 1.54) is 36.7 Å². The zero-order valence-electron chi connectivity index (χ0n) is 15.7. The summed E-state index contributed by atoms with van der Waals surface area (Å²) in [7, 11) is -4.04. The number of aryl methyl sites for hydroxylation is 1. The van der Waals surface area contributed by atoms with Crippen molar-refractivity contribution in [1.82, 2.24) is 9.55 Å². The van der Waals surface area contributed by atoms with Crippen LogP contribution < -0.4 is 11.2 Å². The number of nitrogens with zero attached hydrogens (tertiary/aromatic N) is 1. The summed E-state index contributed by atoms with van der Waals surface area (Å²) in [6.07, 6.45) is -1.20. The lowest BCUT2D eigenvalue weighted by molar-refractivity contribution is -0.150. The molecule has 11 heteroatoms. The highest BCUT2D eigenvalue weighted by Crippen LogP contribution is 2.31. The summed E-state index contributed by atoms with van der Waals surface area (Å²) >= 11 is 0. The first-order chi connectivity index (χ1) is 13.7. The van der Waals surface area contributed by atoms with Crippen molar-refractivity contribution >= 4 is 16.1 Å². The maximum absolute atomic E-state index is 12.3. The van der Waals surface area contributed by atoms with Crippen LogP contribution >= 0.6 is 0 Å². The normalized spacial score (nSPS) is 21.8. The van der Waals surface area contributed by atoms with Gasteiger partial charge in [-0.3, -0.25) is 23.3 Å². The number of nitrogens with one attached hydrogen (secondary N) is 1. The van der Waals surface area contributed by atoms with Crippen molar-refractivity contribution in [2.45, 2.75) is 43.6 Å². The Morgan fingerprint density at radius 1 is 1.28 bits per heavy atom. The lowest BCUT2D eigenvalue weighted by atomic mass is 10.2. The van der Waals surface area contributed by atoms with Crippen LogP contribution in [-0.2, 0) is 28.6 Å². The lowest BCUT2D eigenvalue weighted by Gasteiger charge is -2.18. The molecule has 10 nitrogen and oxygen atoms in total. The maximum atomic E-state index is 12.3. The maximum Gasteiger partial charge on any atom is 0.330 e. The van der Waals surface area contributed by atoms with Crippen molar-refractivity contribution in [2.75, 3.05) is 6.61 Å². The minimum absolute atomic E-state index is 0.0222. The van der Waals surface area contributed by atoms with Gasteiger partial charge in [0.15, 0.2) is 0 Å². The Bertz CT molecular complexity index is 1110. The van der Waals surface area contributed by atoms with Gasteiger partial charge < -0.3 is 9.47 Å². The molecule has 1 aliphatic heterocycles. The van der Waals surface area contributed by atoms with Gasteiger partial charge in [0.2, 0.25) is 0 Å². The molecule has 156 valence electrons. The molecule has 3 unspecified atom stereocenters. The van der Waals surface area contributed by atoms with Gasteiger partial charge in [0.1, 0.15) is 18.4 Å². The van der Waals surface area contributed by atoms with Gasteiger partial charge in [-0.1, -0.05) is 18.2 Å². The fourth-order valence-electron chi connectivity index (χ4n) is 2.97. The van der Waals surface area contributed by atoms with Gasteiger partial charge in [-0.25, -0.2) is 4.79 Å². The SMILES string of the molecule is CC(=O)OC1CC(n2cc(C)c(=O)[nH]c2=O)OC1COS(=O)(=O)c1ccccc1. The molecule has 2 heterocycles. The van der Waals surface area contributed by atoms with Crippen LogP contribution in [0.5, 0.6) is 0 Å². The van der Waals surface area contributed by atoms with E-state index >= 15 is 0 Å². The molecule has 1 aromatic carbocycles. The lowest BCUT2D eigenvalue weighted by Crippen LogP contribution is -2.33. The molecule has 0 radical (unpaired) electrons. The van der Waals surface area contributed by atoms with E-state index in [0.717, 1.165) is 0 Å². The van der Waals surface area contributed by atoms with Crippen LogP contribution in [0.4, 0.5) is 0 Å². The minimum Gasteiger partial charge on any atom is -0.460 e. The van der Waals surface area contributed by atoms with Crippen molar-refractivity contribution in [3.8, 4) is 0 Å². The van der Waals surface area contributed by atoms with Crippen molar-refractivity contribution < 1.29 is 26.9 Å². The molecule has 1 aromatic heterocycles. The summed E-state index contributed by atoms with van der Waals surface area (Å²) in [5, 5.41) is 0. The average Bonchev–Trinajstić information content (AvgIpc) is 3.05. The summed E-state index contributed by atoms with van der Waals surface area (Å²) in [4.78, 5) is 37.2. The Kier molecular flexibility index (Phi) is 6.01. The zero-order chi connectivity index (χ0) is 21.2. The number of H-pyrrole nitrogens is 1. The number of hydrogen-bond donors (Lipinski definition) is 1. The second-order valence-corrected chi connectivity index (χ2v) is 8.16. The number of ether oxygens (including phenoxy) is 2. The number of benzene rings is 1. The minimum atomic E-state index is -4.04. The zero-order valence-corrected chi connectivity index (χ0v) is 16.5. The topological polar surface area (TPSA) is 134 Å². The predicted octanol–water partition coefficient (Wildman–Crippen LogP) is 0.470. The number of aromatic amines is 1. The van der Waals surface area contributed by atoms with Crippen LogP contribution in [0.15, 0.2) is 51.0 Å². The van der Waals surface area contributed by atoms with E-state index < -0.39 is 52.4 Å². The average molecular weight is 424 g/mol. The Balaban J connectivity index is 1.80. The summed E-state index contributed by atoms with van der Waals surface area (Å²) in [6.45, 7) is 2.32. The van der Waals surface area contributed by atoms with Crippen molar-refractivity contribution in [3.05, 3.63) is 62.9 Å². The monoisotopic (exact) mass is 424 g/mol. The molecule has 3 rings (SSSR count). The molecule has 0 spiro atoms. The summed E-state index contributed by atoms with van der Waals surface area (Å²) in [5.74, 6) is -0.583. The van der Waals surface area contributed by atoms with Crippen molar-refractivity contribution in [1.29, 1.82) is 0 Å². The van der Waals surface area contributed by atoms with Gasteiger partial charge in [0.05, 0.1) is 11.5 Å². The second kappa shape index (κ2) is 8.31. The first-order valence-electron chi connectivity index (χ1n) is 8.76. The molecule has 1 aliphatic rings. The first-order valence-corrected chi connectivity index (χ1v) is 10.2. The molecule has 29 heavy (non-hydrogen) atoms. The number of carbonyl (C=O) groups excluding carboxylic acids is 1. The van der Waals surface area contributed by atoms with Crippen molar-refractivity contribution in [2.24, 2.45) is 0 Å². The van der Waals surface area contributed by atoms with Crippen LogP contribution in [0.3, 0.4) is 0 Å². The molecular weight excluding hydrogens is 404 g/mol. The number of aromatic nitrogens is 2. The number of hydrogen-bond acceptors (Lipinski definition) is 8. The third kappa shape index (κ3) is 4.81. The fourth-order valence-corrected chi connectivity index (χ4v) is 3.91. The number of carbonyl (C=O) groups is 1. The molecule has 1 fully saturated rings. The standard InChI is InChI=1S/C18H20N2O8S/c1-11-9-20(18(23)19-17(11)22)16-8-14(27-12(2)21)15(28-16)10-26-29(24,25)13-6-4-3-5-7-13/h3-7,9,14-16H,8,10H2,1-2H3,(H,19,22,23). The highest BCUT2D eigenvalue weighted by atomic mass is 32.2. The van der Waals surface area contributed by atoms with Gasteiger partial charge in [-0.05, 0) is 19.1 Å². The van der Waals surface area contributed by atoms with Gasteiger partial charge in [0.25, 0.3) is 15.7 Å². The second-order valence-electron chi connectivity index (χ2n) is 6.54. The van der Waals surface area contributed by atoms with Gasteiger partial charge in [-0.2, -0.15) is 8.42 Å². The van der Waals surface area contributed by atoms with E-state index in [-0.39, 0.29) is 11.3 Å². The Morgan fingerprint density at radius 3 is 2.62 bits per heavy atom. The number of rotatable bonds is 6. The molecule has 0 aliphatic carbocycles. The molecule has 3 atom stereocenters. The number of esters is 1. The Labute approximate surface area is 166 Å². The van der Waals surface area contributed by atoms with Gasteiger partial charge >= 0.3 is 11.7 Å². The summed E-state index contributed by atoms with van der Waals surface area (Å²) in [6, 6.07) is 7.57.